The summed E-state index contributed by atoms with van der Waals surface area (Å²) in [5, 5.41) is 2.57. The van der Waals surface area contributed by atoms with Crippen LogP contribution in [0.3, 0.4) is 0 Å². The fourth-order valence-corrected chi connectivity index (χ4v) is 1.98. The maximum Gasteiger partial charge on any atom is 0.287 e. The second-order valence-electron chi connectivity index (χ2n) is 6.56. The average molecular weight is 345 g/mol. The molecule has 2 aromatic rings. The minimum absolute atomic E-state index is 0.0317. The summed E-state index contributed by atoms with van der Waals surface area (Å²) in [5.74, 6) is 1.36. The van der Waals surface area contributed by atoms with Gasteiger partial charge in [-0.2, -0.15) is 0 Å². The van der Waals surface area contributed by atoms with Crippen LogP contribution in [0.2, 0.25) is 0 Å². The van der Waals surface area contributed by atoms with Gasteiger partial charge in [-0.25, -0.2) is 0 Å². The molecule has 134 valence electrons. The molecular weight excluding hydrogens is 322 g/mol. The van der Waals surface area contributed by atoms with Crippen LogP contribution in [0.5, 0.6) is 11.5 Å². The molecule has 25 heavy (non-hydrogen) atoms. The van der Waals surface area contributed by atoms with Crippen LogP contribution in [-0.4, -0.2) is 25.3 Å². The Hall–Kier alpha value is -2.76. The second kappa shape index (κ2) is 7.88. The zero-order valence-corrected chi connectivity index (χ0v) is 14.9. The Labute approximate surface area is 147 Å². The minimum Gasteiger partial charge on any atom is -0.493 e. The third kappa shape index (κ3) is 5.11. The Balaban J connectivity index is 1.91. The molecule has 1 amide bonds. The number of carbonyl (C=O) groups is 2. The summed E-state index contributed by atoms with van der Waals surface area (Å²) in [6.45, 7) is 5.55. The molecular formula is C19H23NO5. The first-order valence-electron chi connectivity index (χ1n) is 7.97. The van der Waals surface area contributed by atoms with E-state index in [0.717, 1.165) is 0 Å². The number of Topliss-reactive ketones (excluding diaryl/α,β-unsaturated/α-hetero) is 1. The average Bonchev–Trinajstić information content (AvgIpc) is 3.06. The molecule has 0 aliphatic heterocycles. The summed E-state index contributed by atoms with van der Waals surface area (Å²) in [7, 11) is 1.57. The highest BCUT2D eigenvalue weighted by Gasteiger charge is 2.22. The Kier molecular flexibility index (Phi) is 5.85. The molecule has 1 N–H and O–H groups in total. The lowest BCUT2D eigenvalue weighted by Gasteiger charge is -2.16. The molecule has 0 atom stereocenters. The second-order valence-corrected chi connectivity index (χ2v) is 6.56. The molecule has 1 aromatic heterocycles. The number of carbonyl (C=O) groups excluding carboxylic acids is 2. The minimum atomic E-state index is -0.496. The molecule has 0 aliphatic rings. The molecule has 6 heteroatoms. The summed E-state index contributed by atoms with van der Waals surface area (Å²) < 4.78 is 16.3. The number of amides is 1. The lowest BCUT2D eigenvalue weighted by Crippen LogP contribution is -2.35. The van der Waals surface area contributed by atoms with Crippen LogP contribution in [0.25, 0.3) is 0 Å². The van der Waals surface area contributed by atoms with Gasteiger partial charge in [0, 0.05) is 5.41 Å². The molecule has 6 nitrogen and oxygen atoms in total. The van der Waals surface area contributed by atoms with Crippen molar-refractivity contribution in [3.63, 3.8) is 0 Å². The van der Waals surface area contributed by atoms with E-state index < -0.39 is 11.3 Å². The SMILES string of the molecule is COc1ccccc1OCc1ccc(C(=O)NCC(=O)C(C)(C)C)o1. The Bertz CT molecular complexity index is 742. The first-order valence-corrected chi connectivity index (χ1v) is 7.97. The molecule has 1 heterocycles. The number of hydrogen-bond donors (Lipinski definition) is 1. The van der Waals surface area contributed by atoms with E-state index >= 15 is 0 Å². The topological polar surface area (TPSA) is 77.8 Å². The van der Waals surface area contributed by atoms with Gasteiger partial charge in [-0.3, -0.25) is 9.59 Å². The van der Waals surface area contributed by atoms with E-state index in [1.807, 2.05) is 32.9 Å². The fourth-order valence-electron chi connectivity index (χ4n) is 1.98. The molecule has 2 rings (SSSR count). The largest absolute Gasteiger partial charge is 0.493 e. The van der Waals surface area contributed by atoms with E-state index in [0.29, 0.717) is 17.3 Å². The van der Waals surface area contributed by atoms with E-state index in [2.05, 4.69) is 5.32 Å². The van der Waals surface area contributed by atoms with E-state index in [4.69, 9.17) is 13.9 Å². The number of furan rings is 1. The molecule has 0 radical (unpaired) electrons. The van der Waals surface area contributed by atoms with Crippen molar-refractivity contribution in [3.05, 3.63) is 47.9 Å². The number of benzene rings is 1. The number of hydrogen-bond acceptors (Lipinski definition) is 5. The van der Waals surface area contributed by atoms with E-state index in [9.17, 15) is 9.59 Å². The van der Waals surface area contributed by atoms with Crippen molar-refractivity contribution in [3.8, 4) is 11.5 Å². The number of ketones is 1. The zero-order chi connectivity index (χ0) is 18.4. The van der Waals surface area contributed by atoms with Gasteiger partial charge in [-0.15, -0.1) is 0 Å². The third-order valence-corrected chi connectivity index (χ3v) is 3.57. The Morgan fingerprint density at radius 1 is 1.08 bits per heavy atom. The van der Waals surface area contributed by atoms with Crippen molar-refractivity contribution < 1.29 is 23.5 Å². The van der Waals surface area contributed by atoms with Crippen molar-refractivity contribution in [1.29, 1.82) is 0 Å². The van der Waals surface area contributed by atoms with E-state index in [1.54, 1.807) is 31.4 Å². The molecule has 0 spiro atoms. The Morgan fingerprint density at radius 3 is 2.40 bits per heavy atom. The van der Waals surface area contributed by atoms with Gasteiger partial charge >= 0.3 is 0 Å². The zero-order valence-electron chi connectivity index (χ0n) is 14.9. The lowest BCUT2D eigenvalue weighted by atomic mass is 9.91. The number of methoxy groups -OCH3 is 1. The van der Waals surface area contributed by atoms with Gasteiger partial charge in [0.2, 0.25) is 0 Å². The maximum absolute atomic E-state index is 12.0. The molecule has 0 aliphatic carbocycles. The van der Waals surface area contributed by atoms with Crippen LogP contribution in [0, 0.1) is 5.41 Å². The highest BCUT2D eigenvalue weighted by atomic mass is 16.5. The summed E-state index contributed by atoms with van der Waals surface area (Å²) in [6, 6.07) is 10.5. The molecule has 0 saturated carbocycles. The van der Waals surface area contributed by atoms with Crippen molar-refractivity contribution in [2.24, 2.45) is 5.41 Å². The van der Waals surface area contributed by atoms with Gasteiger partial charge in [0.25, 0.3) is 5.91 Å². The predicted octanol–water partition coefficient (Wildman–Crippen LogP) is 3.21. The first kappa shape index (κ1) is 18.6. The van der Waals surface area contributed by atoms with Crippen LogP contribution in [0.1, 0.15) is 37.1 Å². The van der Waals surface area contributed by atoms with Gasteiger partial charge < -0.3 is 19.2 Å². The van der Waals surface area contributed by atoms with Crippen LogP contribution in [0.4, 0.5) is 0 Å². The van der Waals surface area contributed by atoms with Gasteiger partial charge in [-0.1, -0.05) is 32.9 Å². The molecule has 0 fully saturated rings. The van der Waals surface area contributed by atoms with Crippen LogP contribution in [0.15, 0.2) is 40.8 Å². The summed E-state index contributed by atoms with van der Waals surface area (Å²) in [6.07, 6.45) is 0. The normalized spacial score (nSPS) is 11.0. The number of ether oxygens (including phenoxy) is 2. The summed E-state index contributed by atoms with van der Waals surface area (Å²) in [4.78, 5) is 23.9. The fraction of sp³-hybridized carbons (Fsp3) is 0.368. The van der Waals surface area contributed by atoms with Crippen molar-refractivity contribution in [2.75, 3.05) is 13.7 Å². The predicted molar refractivity (Wildman–Crippen MR) is 92.8 cm³/mol. The van der Waals surface area contributed by atoms with Crippen LogP contribution in [-0.2, 0) is 11.4 Å². The maximum atomic E-state index is 12.0. The quantitative estimate of drug-likeness (QED) is 0.834. The van der Waals surface area contributed by atoms with Crippen molar-refractivity contribution in [1.82, 2.24) is 5.32 Å². The van der Waals surface area contributed by atoms with E-state index in [1.165, 1.54) is 0 Å². The van der Waals surface area contributed by atoms with Crippen molar-refractivity contribution in [2.45, 2.75) is 27.4 Å². The lowest BCUT2D eigenvalue weighted by molar-refractivity contribution is -0.125. The van der Waals surface area contributed by atoms with E-state index in [-0.39, 0.29) is 24.7 Å². The van der Waals surface area contributed by atoms with Crippen LogP contribution >= 0.6 is 0 Å². The molecule has 1 aromatic carbocycles. The first-order chi connectivity index (χ1) is 11.8. The smallest absolute Gasteiger partial charge is 0.287 e. The molecule has 0 saturated heterocycles. The molecule has 0 unspecified atom stereocenters. The van der Waals surface area contributed by atoms with Gasteiger partial charge in [0.15, 0.2) is 23.0 Å². The Morgan fingerprint density at radius 2 is 1.76 bits per heavy atom. The van der Waals surface area contributed by atoms with Crippen LogP contribution < -0.4 is 14.8 Å². The standard InChI is InChI=1S/C19H23NO5/c1-19(2,3)17(21)11-20-18(22)16-10-9-13(25-16)12-24-15-8-6-5-7-14(15)23-4/h5-10H,11-12H2,1-4H3,(H,20,22). The van der Waals surface area contributed by atoms with Gasteiger partial charge in [-0.05, 0) is 24.3 Å². The summed E-state index contributed by atoms with van der Waals surface area (Å²) >= 11 is 0. The number of nitrogens with one attached hydrogen (secondary N) is 1. The van der Waals surface area contributed by atoms with Gasteiger partial charge in [0.1, 0.15) is 12.4 Å². The van der Waals surface area contributed by atoms with Crippen molar-refractivity contribution >= 4 is 11.7 Å². The summed E-state index contributed by atoms with van der Waals surface area (Å²) in [5.41, 5.74) is -0.496. The highest BCUT2D eigenvalue weighted by Crippen LogP contribution is 2.26. The number of para-hydroxylation sites is 2. The number of rotatable bonds is 7. The monoisotopic (exact) mass is 345 g/mol. The third-order valence-electron chi connectivity index (χ3n) is 3.57. The van der Waals surface area contributed by atoms with Gasteiger partial charge in [0.05, 0.1) is 13.7 Å². The molecule has 0 bridgehead atoms. The highest BCUT2D eigenvalue weighted by molar-refractivity contribution is 5.95.